The molecule has 2 aromatic carbocycles. The van der Waals surface area contributed by atoms with Gasteiger partial charge in [-0.25, -0.2) is 13.8 Å². The summed E-state index contributed by atoms with van der Waals surface area (Å²) in [5, 5.41) is 0.591. The second-order valence-corrected chi connectivity index (χ2v) is 10.2. The van der Waals surface area contributed by atoms with E-state index >= 15 is 0 Å². The molecular formula is C27H31ClF2N2O. The number of hydrogen-bond acceptors (Lipinski definition) is 2. The van der Waals surface area contributed by atoms with Crippen LogP contribution in [0.15, 0.2) is 30.3 Å². The molecule has 3 aromatic rings. The predicted octanol–water partition coefficient (Wildman–Crippen LogP) is 8.04. The summed E-state index contributed by atoms with van der Waals surface area (Å²) in [7, 11) is 0. The Bertz CT molecular complexity index is 1120. The molecule has 0 saturated heterocycles. The number of halogens is 3. The molecule has 0 spiro atoms. The molecule has 1 heterocycles. The normalized spacial score (nSPS) is 18.2. The van der Waals surface area contributed by atoms with Crippen LogP contribution in [0.2, 0.25) is 5.02 Å². The highest BCUT2D eigenvalue weighted by Crippen LogP contribution is 2.35. The van der Waals surface area contributed by atoms with Gasteiger partial charge in [0, 0.05) is 29.6 Å². The maximum atomic E-state index is 14.3. The van der Waals surface area contributed by atoms with Crippen molar-refractivity contribution >= 4 is 22.6 Å². The largest absolute Gasteiger partial charge is 0.491 e. The van der Waals surface area contributed by atoms with Crippen molar-refractivity contribution in [3.63, 3.8) is 0 Å². The number of ether oxygens (including phenoxy) is 1. The summed E-state index contributed by atoms with van der Waals surface area (Å²) in [4.78, 5) is 4.77. The van der Waals surface area contributed by atoms with Gasteiger partial charge in [0.1, 0.15) is 11.6 Å². The van der Waals surface area contributed by atoms with Crippen LogP contribution in [0.25, 0.3) is 16.7 Å². The van der Waals surface area contributed by atoms with Crippen LogP contribution in [0, 0.1) is 23.5 Å². The Labute approximate surface area is 199 Å². The smallest absolute Gasteiger partial charge is 0.161 e. The molecule has 2 saturated carbocycles. The molecule has 3 nitrogen and oxygen atoms in total. The van der Waals surface area contributed by atoms with Crippen molar-refractivity contribution in [3.8, 4) is 11.4 Å². The average molecular weight is 473 g/mol. The first kappa shape index (κ1) is 22.6. The highest BCUT2D eigenvalue weighted by molar-refractivity contribution is 6.30. The number of benzene rings is 2. The number of fused-ring (bicyclic) bond motifs is 1. The Morgan fingerprint density at radius 3 is 2.27 bits per heavy atom. The number of nitrogens with zero attached hydrogens (tertiary/aromatic N) is 2. The lowest BCUT2D eigenvalue weighted by Gasteiger charge is -2.24. The first-order valence-corrected chi connectivity index (χ1v) is 12.8. The van der Waals surface area contributed by atoms with E-state index < -0.39 is 11.6 Å². The Balaban J connectivity index is 1.55. The van der Waals surface area contributed by atoms with Gasteiger partial charge in [-0.1, -0.05) is 63.0 Å². The summed E-state index contributed by atoms with van der Waals surface area (Å²) in [6.07, 6.45) is 13.0. The maximum absolute atomic E-state index is 14.3. The lowest BCUT2D eigenvalue weighted by Crippen LogP contribution is -2.17. The maximum Gasteiger partial charge on any atom is 0.161 e. The van der Waals surface area contributed by atoms with Gasteiger partial charge in [0.25, 0.3) is 0 Å². The van der Waals surface area contributed by atoms with E-state index in [0.29, 0.717) is 40.2 Å². The van der Waals surface area contributed by atoms with Gasteiger partial charge in [0.2, 0.25) is 0 Å². The molecule has 2 aliphatic rings. The predicted molar refractivity (Wildman–Crippen MR) is 128 cm³/mol. The minimum atomic E-state index is -0.874. The number of rotatable bonds is 6. The first-order valence-electron chi connectivity index (χ1n) is 12.4. The lowest BCUT2D eigenvalue weighted by atomic mass is 9.87. The van der Waals surface area contributed by atoms with Crippen LogP contribution in [-0.4, -0.2) is 16.2 Å². The third kappa shape index (κ3) is 5.03. The standard InChI is InChI=1S/C27H31ClF2N2O/c28-20-11-12-24(26(14-20)33-17-19-9-5-2-6-10-19)32-25-16-22(30)21(29)15-23(25)31-27(32)13-18-7-3-1-4-8-18/h11-12,14-16,18-19H,1-10,13,17H2. The summed E-state index contributed by atoms with van der Waals surface area (Å²) in [6.45, 7) is 0.640. The molecule has 2 aliphatic carbocycles. The zero-order valence-electron chi connectivity index (χ0n) is 19.0. The van der Waals surface area contributed by atoms with Crippen molar-refractivity contribution < 1.29 is 13.5 Å². The van der Waals surface area contributed by atoms with Crippen molar-refractivity contribution in [1.29, 1.82) is 0 Å². The molecule has 33 heavy (non-hydrogen) atoms. The van der Waals surface area contributed by atoms with Crippen LogP contribution >= 0.6 is 11.6 Å². The van der Waals surface area contributed by atoms with Gasteiger partial charge in [0.15, 0.2) is 11.6 Å². The topological polar surface area (TPSA) is 27.1 Å². The van der Waals surface area contributed by atoms with Crippen LogP contribution in [0.1, 0.15) is 70.0 Å². The van der Waals surface area contributed by atoms with Crippen molar-refractivity contribution in [2.24, 2.45) is 11.8 Å². The quantitative estimate of drug-likeness (QED) is 0.363. The van der Waals surface area contributed by atoms with Crippen molar-refractivity contribution in [3.05, 3.63) is 52.8 Å². The van der Waals surface area contributed by atoms with Gasteiger partial charge in [-0.3, -0.25) is 4.57 Å². The zero-order valence-corrected chi connectivity index (χ0v) is 19.7. The second-order valence-electron chi connectivity index (χ2n) is 9.75. The molecule has 0 unspecified atom stereocenters. The first-order chi connectivity index (χ1) is 16.1. The molecule has 176 valence electrons. The fourth-order valence-corrected chi connectivity index (χ4v) is 5.69. The molecule has 6 heteroatoms. The van der Waals surface area contributed by atoms with Gasteiger partial charge < -0.3 is 4.74 Å². The molecule has 2 fully saturated rings. The highest BCUT2D eigenvalue weighted by atomic mass is 35.5. The van der Waals surface area contributed by atoms with E-state index in [1.807, 2.05) is 22.8 Å². The summed E-state index contributed by atoms with van der Waals surface area (Å²) in [6, 6.07) is 8.01. The van der Waals surface area contributed by atoms with Crippen molar-refractivity contribution in [2.75, 3.05) is 6.61 Å². The number of hydrogen-bond donors (Lipinski definition) is 0. The third-order valence-electron chi connectivity index (χ3n) is 7.32. The van der Waals surface area contributed by atoms with Crippen LogP contribution < -0.4 is 4.74 Å². The Morgan fingerprint density at radius 2 is 1.55 bits per heavy atom. The molecule has 0 amide bonds. The molecule has 1 aromatic heterocycles. The SMILES string of the molecule is Fc1cc2nc(CC3CCCCC3)n(-c3ccc(Cl)cc3OCC3CCCCC3)c2cc1F. The third-order valence-corrected chi connectivity index (χ3v) is 7.56. The lowest BCUT2D eigenvalue weighted by molar-refractivity contribution is 0.208. The Morgan fingerprint density at radius 1 is 0.879 bits per heavy atom. The van der Waals surface area contributed by atoms with E-state index in [1.54, 1.807) is 0 Å². The van der Waals surface area contributed by atoms with E-state index in [0.717, 1.165) is 30.8 Å². The monoisotopic (exact) mass is 472 g/mol. The average Bonchev–Trinajstić information content (AvgIpc) is 3.15. The molecule has 0 aliphatic heterocycles. The summed E-state index contributed by atoms with van der Waals surface area (Å²) < 4.78 is 36.6. The molecule has 0 radical (unpaired) electrons. The van der Waals surface area contributed by atoms with Crippen molar-refractivity contribution in [2.45, 2.75) is 70.6 Å². The van der Waals surface area contributed by atoms with E-state index in [1.165, 1.54) is 63.5 Å². The Hall–Kier alpha value is -2.14. The molecule has 0 bridgehead atoms. The van der Waals surface area contributed by atoms with Gasteiger partial charge in [0.05, 0.1) is 23.3 Å². The van der Waals surface area contributed by atoms with Crippen LogP contribution in [0.5, 0.6) is 5.75 Å². The van der Waals surface area contributed by atoms with Gasteiger partial charge in [-0.2, -0.15) is 0 Å². The summed E-state index contributed by atoms with van der Waals surface area (Å²) in [5.41, 5.74) is 1.81. The summed E-state index contributed by atoms with van der Waals surface area (Å²) >= 11 is 6.34. The highest BCUT2D eigenvalue weighted by Gasteiger charge is 2.23. The fraction of sp³-hybridized carbons (Fsp3) is 0.519. The van der Waals surface area contributed by atoms with E-state index in [-0.39, 0.29) is 0 Å². The van der Waals surface area contributed by atoms with Crippen LogP contribution in [-0.2, 0) is 6.42 Å². The molecule has 0 atom stereocenters. The number of imidazole rings is 1. The molecule has 0 N–H and O–H groups in total. The van der Waals surface area contributed by atoms with E-state index in [4.69, 9.17) is 21.3 Å². The minimum Gasteiger partial charge on any atom is -0.491 e. The van der Waals surface area contributed by atoms with Crippen LogP contribution in [0.3, 0.4) is 0 Å². The zero-order chi connectivity index (χ0) is 22.8. The second kappa shape index (κ2) is 10.0. The Kier molecular flexibility index (Phi) is 6.86. The van der Waals surface area contributed by atoms with Gasteiger partial charge in [-0.05, 0) is 36.8 Å². The molecular weight excluding hydrogens is 442 g/mol. The molecule has 5 rings (SSSR count). The van der Waals surface area contributed by atoms with Crippen LogP contribution in [0.4, 0.5) is 8.78 Å². The van der Waals surface area contributed by atoms with E-state index in [2.05, 4.69) is 0 Å². The van der Waals surface area contributed by atoms with Gasteiger partial charge in [-0.15, -0.1) is 0 Å². The minimum absolute atomic E-state index is 0.466. The fourth-order valence-electron chi connectivity index (χ4n) is 5.53. The summed E-state index contributed by atoms with van der Waals surface area (Å²) in [5.74, 6) is 0.822. The van der Waals surface area contributed by atoms with Gasteiger partial charge >= 0.3 is 0 Å². The number of aromatic nitrogens is 2. The van der Waals surface area contributed by atoms with Crippen molar-refractivity contribution in [1.82, 2.24) is 9.55 Å². The van der Waals surface area contributed by atoms with E-state index in [9.17, 15) is 8.78 Å².